The maximum atomic E-state index is 8.97. The smallest absolute Gasteiger partial charge is 0.724 e. The van der Waals surface area contributed by atoms with Crippen molar-refractivity contribution >= 4 is 10.4 Å². The van der Waals surface area contributed by atoms with Crippen molar-refractivity contribution < 1.29 is 52.1 Å². The Hall–Kier alpha value is 0.320. The average Bonchev–Trinajstić information content (AvgIpc) is 2.01. The van der Waals surface area contributed by atoms with E-state index in [2.05, 4.69) is 17.3 Å². The fourth-order valence-corrected chi connectivity index (χ4v) is 0.256. The largest absolute Gasteiger partial charge is 1.00 e. The number of rotatable bonds is 3. The molecule has 0 amide bonds. The molecule has 0 saturated carbocycles. The van der Waals surface area contributed by atoms with Crippen molar-refractivity contribution in [3.8, 4) is 6.07 Å². The van der Waals surface area contributed by atoms with Crippen LogP contribution < -0.4 is 29.6 Å². The van der Waals surface area contributed by atoms with Gasteiger partial charge < -0.3 is 4.55 Å². The second kappa shape index (κ2) is 12.3. The SMILES string of the molecule is CCCCC#N.O=S(=O)([O-])OO.[Na+]. The van der Waals surface area contributed by atoms with Gasteiger partial charge in [0.25, 0.3) is 0 Å². The first kappa shape index (κ1) is 19.0. The zero-order valence-electron chi connectivity index (χ0n) is 7.56. The average molecular weight is 219 g/mol. The Bertz CT molecular complexity index is 222. The summed E-state index contributed by atoms with van der Waals surface area (Å²) in [5.74, 6) is 0. The molecule has 0 aliphatic carbocycles. The monoisotopic (exact) mass is 219 g/mol. The number of nitriles is 1. The number of hydrogen-bond acceptors (Lipinski definition) is 6. The second-order valence-electron chi connectivity index (χ2n) is 1.74. The van der Waals surface area contributed by atoms with Crippen molar-refractivity contribution in [1.29, 1.82) is 5.26 Å². The number of nitrogens with zero attached hydrogens (tertiary/aromatic N) is 1. The molecule has 0 fully saturated rings. The summed E-state index contributed by atoms with van der Waals surface area (Å²) in [5, 5.41) is 14.9. The summed E-state index contributed by atoms with van der Waals surface area (Å²) in [6.45, 7) is 2.08. The first-order valence-electron chi connectivity index (χ1n) is 3.13. The van der Waals surface area contributed by atoms with Gasteiger partial charge in [0.1, 0.15) is 0 Å². The summed E-state index contributed by atoms with van der Waals surface area (Å²) in [7, 11) is -4.86. The molecule has 6 nitrogen and oxygen atoms in total. The van der Waals surface area contributed by atoms with E-state index in [4.69, 9.17) is 23.5 Å². The molecule has 72 valence electrons. The van der Waals surface area contributed by atoms with E-state index < -0.39 is 10.4 Å². The molecule has 0 rings (SSSR count). The second-order valence-corrected chi connectivity index (χ2v) is 2.71. The minimum atomic E-state index is -4.86. The predicted octanol–water partition coefficient (Wildman–Crippen LogP) is -2.36. The van der Waals surface area contributed by atoms with Crippen molar-refractivity contribution in [2.45, 2.75) is 26.2 Å². The van der Waals surface area contributed by atoms with Crippen LogP contribution in [0.1, 0.15) is 26.2 Å². The zero-order chi connectivity index (χ0) is 10.0. The molecule has 0 saturated heterocycles. The number of hydrogen-bond donors (Lipinski definition) is 1. The van der Waals surface area contributed by atoms with Crippen LogP contribution in [0.15, 0.2) is 0 Å². The van der Waals surface area contributed by atoms with Crippen LogP contribution in [0.2, 0.25) is 0 Å². The van der Waals surface area contributed by atoms with E-state index in [1.807, 2.05) is 0 Å². The van der Waals surface area contributed by atoms with Crippen molar-refractivity contribution in [2.24, 2.45) is 0 Å². The Labute approximate surface area is 99.7 Å². The van der Waals surface area contributed by atoms with Gasteiger partial charge in [-0.25, -0.2) is 13.7 Å². The van der Waals surface area contributed by atoms with Crippen molar-refractivity contribution in [3.63, 3.8) is 0 Å². The molecule has 13 heavy (non-hydrogen) atoms. The van der Waals surface area contributed by atoms with E-state index in [-0.39, 0.29) is 29.6 Å². The predicted molar refractivity (Wildman–Crippen MR) is 38.5 cm³/mol. The van der Waals surface area contributed by atoms with Crippen LogP contribution in [0.5, 0.6) is 0 Å². The van der Waals surface area contributed by atoms with Crippen LogP contribution in [0, 0.1) is 11.3 Å². The molecule has 0 spiro atoms. The first-order valence-corrected chi connectivity index (χ1v) is 4.47. The summed E-state index contributed by atoms with van der Waals surface area (Å²) >= 11 is 0. The molecular weight excluding hydrogens is 209 g/mol. The third kappa shape index (κ3) is 32.9. The van der Waals surface area contributed by atoms with Crippen LogP contribution >= 0.6 is 0 Å². The third-order valence-corrected chi connectivity index (χ3v) is 0.916. The molecule has 0 heterocycles. The van der Waals surface area contributed by atoms with Gasteiger partial charge in [0.05, 0.1) is 6.07 Å². The quantitative estimate of drug-likeness (QED) is 0.142. The van der Waals surface area contributed by atoms with Gasteiger partial charge in [-0.1, -0.05) is 13.3 Å². The van der Waals surface area contributed by atoms with E-state index in [0.717, 1.165) is 19.3 Å². The van der Waals surface area contributed by atoms with Crippen LogP contribution in [-0.2, 0) is 14.7 Å². The van der Waals surface area contributed by atoms with Crippen LogP contribution in [0.25, 0.3) is 0 Å². The van der Waals surface area contributed by atoms with E-state index in [9.17, 15) is 0 Å². The topological polar surface area (TPSA) is 110 Å². The summed E-state index contributed by atoms with van der Waals surface area (Å²) in [6.07, 6.45) is 2.90. The van der Waals surface area contributed by atoms with E-state index in [1.54, 1.807) is 0 Å². The Kier molecular flexibility index (Phi) is 18.0. The fraction of sp³-hybridized carbons (Fsp3) is 0.800. The Morgan fingerprint density at radius 1 is 1.62 bits per heavy atom. The van der Waals surface area contributed by atoms with Crippen LogP contribution in [-0.4, -0.2) is 18.2 Å². The normalized spacial score (nSPS) is 8.77. The molecule has 0 aliphatic rings. The molecule has 0 radical (unpaired) electrons. The maximum absolute atomic E-state index is 8.97. The van der Waals surface area contributed by atoms with Gasteiger partial charge in [-0.15, -0.1) is 4.33 Å². The molecule has 8 heteroatoms. The van der Waals surface area contributed by atoms with E-state index in [1.165, 1.54) is 0 Å². The molecule has 0 bridgehead atoms. The zero-order valence-corrected chi connectivity index (χ0v) is 10.4. The first-order chi connectivity index (χ1) is 5.47. The van der Waals surface area contributed by atoms with Gasteiger partial charge in [-0.3, -0.25) is 0 Å². The molecular formula is C5H10NNaO5S. The summed E-state index contributed by atoms with van der Waals surface area (Å²) < 4.78 is 29.3. The Balaban J connectivity index is -0.000000143. The molecule has 0 unspecified atom stereocenters. The standard InChI is InChI=1S/C5H9N.Na.H2O5S/c1-2-3-4-5-6;;1-5-6(2,3)4/h2-4H2,1H3;;1H,(H,2,3,4)/q;+1;/p-1. The summed E-state index contributed by atoms with van der Waals surface area (Å²) in [4.78, 5) is 0. The molecule has 0 aromatic heterocycles. The Morgan fingerprint density at radius 3 is 2.08 bits per heavy atom. The van der Waals surface area contributed by atoms with Crippen molar-refractivity contribution in [3.05, 3.63) is 0 Å². The Morgan fingerprint density at radius 2 is 2.00 bits per heavy atom. The number of unbranched alkanes of at least 4 members (excludes halogenated alkanes) is 2. The third-order valence-electron chi connectivity index (χ3n) is 0.733. The van der Waals surface area contributed by atoms with Crippen LogP contribution in [0.3, 0.4) is 0 Å². The minimum absolute atomic E-state index is 0. The van der Waals surface area contributed by atoms with Gasteiger partial charge in [0, 0.05) is 6.42 Å². The molecule has 0 atom stereocenters. The van der Waals surface area contributed by atoms with Crippen molar-refractivity contribution in [1.82, 2.24) is 0 Å². The summed E-state index contributed by atoms with van der Waals surface area (Å²) in [6, 6.07) is 2.07. The minimum Gasteiger partial charge on any atom is -0.724 e. The molecule has 0 aromatic rings. The van der Waals surface area contributed by atoms with Crippen LogP contribution in [0.4, 0.5) is 0 Å². The molecule has 0 aromatic carbocycles. The maximum Gasteiger partial charge on any atom is 1.00 e. The van der Waals surface area contributed by atoms with Gasteiger partial charge in [0.2, 0.25) is 10.4 Å². The van der Waals surface area contributed by atoms with E-state index >= 15 is 0 Å². The van der Waals surface area contributed by atoms with Gasteiger partial charge in [0.15, 0.2) is 0 Å². The molecule has 0 aliphatic heterocycles. The van der Waals surface area contributed by atoms with Gasteiger partial charge in [-0.2, -0.15) is 5.26 Å². The van der Waals surface area contributed by atoms with E-state index in [0.29, 0.717) is 0 Å². The van der Waals surface area contributed by atoms with Crippen molar-refractivity contribution in [2.75, 3.05) is 0 Å². The van der Waals surface area contributed by atoms with Gasteiger partial charge in [-0.05, 0) is 6.42 Å². The van der Waals surface area contributed by atoms with Gasteiger partial charge >= 0.3 is 29.6 Å². The summed E-state index contributed by atoms with van der Waals surface area (Å²) in [5.41, 5.74) is 0. The molecule has 1 N–H and O–H groups in total. The fourth-order valence-electron chi connectivity index (χ4n) is 0.256.